The minimum absolute atomic E-state index is 0.0176. The van der Waals surface area contributed by atoms with E-state index in [0.717, 1.165) is 91.9 Å². The molecule has 2 N–H and O–H groups in total. The molecule has 1 amide bonds. The van der Waals surface area contributed by atoms with Gasteiger partial charge in [-0.3, -0.25) is 9.89 Å². The molecule has 3 aliphatic rings. The van der Waals surface area contributed by atoms with Gasteiger partial charge in [-0.1, -0.05) is 6.07 Å². The first-order valence-corrected chi connectivity index (χ1v) is 13.1. The number of likely N-dealkylation sites (tertiary alicyclic amines) is 1. The molecular formula is C28H34N4O4. The van der Waals surface area contributed by atoms with Gasteiger partial charge in [0.2, 0.25) is 0 Å². The topological polar surface area (TPSA) is 90.9 Å². The van der Waals surface area contributed by atoms with Gasteiger partial charge in [0.1, 0.15) is 17.6 Å². The molecule has 190 valence electrons. The van der Waals surface area contributed by atoms with Gasteiger partial charge in [-0.25, -0.2) is 0 Å². The molecule has 4 heterocycles. The standard InChI is InChI=1S/C28H34N4O4/c1-31-8-4-21(5-9-31)36-22-3-2-19-16-32(17-20(19)13-22)28(34)24-14-23-25(12-18-6-10-35-11-7-18)29-30-26(23)15-27(24)33/h2-3,13-15,18,21,33H,4-12,16-17H2,1H3,(H,29,30). The molecule has 2 saturated heterocycles. The van der Waals surface area contributed by atoms with Crippen molar-refractivity contribution in [3.8, 4) is 11.5 Å². The van der Waals surface area contributed by atoms with Crippen LogP contribution >= 0.6 is 0 Å². The van der Waals surface area contributed by atoms with Crippen molar-refractivity contribution in [2.45, 2.75) is 51.3 Å². The number of phenolic OH excluding ortho intramolecular Hbond substituents is 1. The van der Waals surface area contributed by atoms with E-state index in [-0.39, 0.29) is 17.8 Å². The zero-order valence-electron chi connectivity index (χ0n) is 20.8. The Morgan fingerprint density at radius 1 is 1.11 bits per heavy atom. The Labute approximate surface area is 211 Å². The molecule has 8 nitrogen and oxygen atoms in total. The number of aromatic hydroxyl groups is 1. The molecule has 0 spiro atoms. The van der Waals surface area contributed by atoms with Gasteiger partial charge in [-0.05, 0) is 74.4 Å². The van der Waals surface area contributed by atoms with Crippen molar-refractivity contribution >= 4 is 16.8 Å². The molecule has 2 fully saturated rings. The Morgan fingerprint density at radius 3 is 2.69 bits per heavy atom. The van der Waals surface area contributed by atoms with Crippen LogP contribution in [0.4, 0.5) is 0 Å². The van der Waals surface area contributed by atoms with Gasteiger partial charge in [0.05, 0.1) is 16.8 Å². The van der Waals surface area contributed by atoms with Crippen LogP contribution in [-0.2, 0) is 24.2 Å². The number of piperidine rings is 1. The quantitative estimate of drug-likeness (QED) is 0.564. The van der Waals surface area contributed by atoms with Gasteiger partial charge in [-0.2, -0.15) is 5.10 Å². The van der Waals surface area contributed by atoms with E-state index in [1.807, 2.05) is 12.1 Å². The second kappa shape index (κ2) is 9.75. The summed E-state index contributed by atoms with van der Waals surface area (Å²) in [5, 5.41) is 19.1. The number of ether oxygens (including phenoxy) is 2. The van der Waals surface area contributed by atoms with Crippen LogP contribution in [0.3, 0.4) is 0 Å². The number of carbonyl (C=O) groups excluding carboxylic acids is 1. The number of carbonyl (C=O) groups is 1. The summed E-state index contributed by atoms with van der Waals surface area (Å²) < 4.78 is 11.7. The number of hydrogen-bond acceptors (Lipinski definition) is 6. The summed E-state index contributed by atoms with van der Waals surface area (Å²) in [6.45, 7) is 4.73. The fourth-order valence-electron chi connectivity index (χ4n) is 5.71. The first-order valence-electron chi connectivity index (χ1n) is 13.1. The highest BCUT2D eigenvalue weighted by Gasteiger charge is 2.28. The number of rotatable bonds is 5. The lowest BCUT2D eigenvalue weighted by Gasteiger charge is -2.29. The fourth-order valence-corrected chi connectivity index (χ4v) is 5.71. The van der Waals surface area contributed by atoms with E-state index in [9.17, 15) is 9.90 Å². The summed E-state index contributed by atoms with van der Waals surface area (Å²) >= 11 is 0. The number of hydrogen-bond donors (Lipinski definition) is 2. The first-order chi connectivity index (χ1) is 17.5. The third kappa shape index (κ3) is 4.67. The molecule has 0 atom stereocenters. The highest BCUT2D eigenvalue weighted by molar-refractivity contribution is 6.01. The number of fused-ring (bicyclic) bond motifs is 2. The Bertz CT molecular complexity index is 1260. The predicted molar refractivity (Wildman–Crippen MR) is 136 cm³/mol. The van der Waals surface area contributed by atoms with Crippen LogP contribution in [0.25, 0.3) is 10.9 Å². The Morgan fingerprint density at radius 2 is 1.89 bits per heavy atom. The molecule has 36 heavy (non-hydrogen) atoms. The predicted octanol–water partition coefficient (Wildman–Crippen LogP) is 3.87. The van der Waals surface area contributed by atoms with Gasteiger partial charge >= 0.3 is 0 Å². The number of nitrogens with one attached hydrogen (secondary N) is 1. The number of H-pyrrole nitrogens is 1. The summed E-state index contributed by atoms with van der Waals surface area (Å²) in [6.07, 6.45) is 5.19. The SMILES string of the molecule is CN1CCC(Oc2ccc3c(c2)CN(C(=O)c2cc4c(CC5CCOCC5)n[nH]c4cc2O)C3)CC1. The molecule has 0 unspecified atom stereocenters. The van der Waals surface area contributed by atoms with Crippen LogP contribution < -0.4 is 4.74 Å². The zero-order chi connectivity index (χ0) is 24.6. The average molecular weight is 491 g/mol. The molecule has 1 aromatic heterocycles. The molecule has 3 aliphatic heterocycles. The smallest absolute Gasteiger partial charge is 0.258 e. The molecule has 0 saturated carbocycles. The van der Waals surface area contributed by atoms with E-state index in [1.54, 1.807) is 11.0 Å². The van der Waals surface area contributed by atoms with E-state index in [2.05, 4.69) is 34.3 Å². The van der Waals surface area contributed by atoms with Crippen molar-refractivity contribution in [3.63, 3.8) is 0 Å². The van der Waals surface area contributed by atoms with Crippen molar-refractivity contribution in [1.29, 1.82) is 0 Å². The molecule has 8 heteroatoms. The Kier molecular flexibility index (Phi) is 6.31. The van der Waals surface area contributed by atoms with Crippen molar-refractivity contribution < 1.29 is 19.4 Å². The number of amides is 1. The van der Waals surface area contributed by atoms with Crippen LogP contribution in [0.2, 0.25) is 0 Å². The maximum atomic E-state index is 13.5. The minimum Gasteiger partial charge on any atom is -0.507 e. The third-order valence-corrected chi connectivity index (χ3v) is 7.97. The number of aromatic amines is 1. The summed E-state index contributed by atoms with van der Waals surface area (Å²) in [5.41, 5.74) is 4.27. The van der Waals surface area contributed by atoms with Crippen LogP contribution in [0.1, 0.15) is 52.9 Å². The highest BCUT2D eigenvalue weighted by Crippen LogP contribution is 2.33. The van der Waals surface area contributed by atoms with Crippen molar-refractivity contribution in [1.82, 2.24) is 20.0 Å². The molecular weight excluding hydrogens is 456 g/mol. The van der Waals surface area contributed by atoms with E-state index in [1.165, 1.54) is 0 Å². The monoisotopic (exact) mass is 490 g/mol. The number of aromatic nitrogens is 2. The third-order valence-electron chi connectivity index (χ3n) is 7.97. The van der Waals surface area contributed by atoms with Gasteiger partial charge in [0.15, 0.2) is 0 Å². The van der Waals surface area contributed by atoms with Gasteiger partial charge in [-0.15, -0.1) is 0 Å². The highest BCUT2D eigenvalue weighted by atomic mass is 16.5. The lowest BCUT2D eigenvalue weighted by Crippen LogP contribution is -2.35. The fraction of sp³-hybridized carbons (Fsp3) is 0.500. The Balaban J connectivity index is 1.17. The number of benzene rings is 2. The molecule has 0 aliphatic carbocycles. The lowest BCUT2D eigenvalue weighted by atomic mass is 9.93. The summed E-state index contributed by atoms with van der Waals surface area (Å²) in [5.74, 6) is 1.22. The summed E-state index contributed by atoms with van der Waals surface area (Å²) in [7, 11) is 2.15. The Hall–Kier alpha value is -3.10. The summed E-state index contributed by atoms with van der Waals surface area (Å²) in [4.78, 5) is 17.6. The number of phenols is 1. The van der Waals surface area contributed by atoms with E-state index >= 15 is 0 Å². The van der Waals surface area contributed by atoms with E-state index in [0.29, 0.717) is 24.6 Å². The van der Waals surface area contributed by atoms with Gasteiger partial charge in [0.25, 0.3) is 5.91 Å². The maximum Gasteiger partial charge on any atom is 0.258 e. The second-order valence-corrected chi connectivity index (χ2v) is 10.6. The molecule has 6 rings (SSSR count). The molecule has 0 bridgehead atoms. The van der Waals surface area contributed by atoms with Crippen LogP contribution in [-0.4, -0.2) is 70.5 Å². The maximum absolute atomic E-state index is 13.5. The van der Waals surface area contributed by atoms with Crippen molar-refractivity contribution in [3.05, 3.63) is 52.7 Å². The molecule has 0 radical (unpaired) electrons. The van der Waals surface area contributed by atoms with Gasteiger partial charge < -0.3 is 24.4 Å². The van der Waals surface area contributed by atoms with Crippen LogP contribution in [0, 0.1) is 5.92 Å². The van der Waals surface area contributed by atoms with Gasteiger partial charge in [0, 0.05) is 50.8 Å². The minimum atomic E-state index is -0.165. The number of nitrogens with zero attached hydrogens (tertiary/aromatic N) is 3. The van der Waals surface area contributed by atoms with E-state index in [4.69, 9.17) is 9.47 Å². The zero-order valence-corrected chi connectivity index (χ0v) is 20.8. The average Bonchev–Trinajstić information content (AvgIpc) is 3.48. The largest absolute Gasteiger partial charge is 0.507 e. The van der Waals surface area contributed by atoms with Crippen LogP contribution in [0.15, 0.2) is 30.3 Å². The normalized spacial score (nSPS) is 19.6. The lowest BCUT2D eigenvalue weighted by molar-refractivity contribution is 0.0663. The summed E-state index contributed by atoms with van der Waals surface area (Å²) in [6, 6.07) is 9.59. The van der Waals surface area contributed by atoms with Crippen LogP contribution in [0.5, 0.6) is 11.5 Å². The molecule has 3 aromatic rings. The van der Waals surface area contributed by atoms with Crippen molar-refractivity contribution in [2.75, 3.05) is 33.4 Å². The first kappa shape index (κ1) is 23.3. The second-order valence-electron chi connectivity index (χ2n) is 10.6. The molecule has 2 aromatic carbocycles. The van der Waals surface area contributed by atoms with E-state index < -0.39 is 0 Å². The van der Waals surface area contributed by atoms with Crippen molar-refractivity contribution in [2.24, 2.45) is 5.92 Å².